The first-order valence-electron chi connectivity index (χ1n) is 12.5. The second-order valence-electron chi connectivity index (χ2n) is 10.7. The van der Waals surface area contributed by atoms with Gasteiger partial charge in [-0.05, 0) is 112 Å². The van der Waals surface area contributed by atoms with E-state index in [1.54, 1.807) is 6.21 Å². The summed E-state index contributed by atoms with van der Waals surface area (Å²) < 4.78 is 6.20. The second-order valence-corrected chi connectivity index (χ2v) is 10.7. The standard InChI is InChI=1S/C26H37N3O2/c30-25(28-26-15-20-12-21(16-26)14-22(13-20)17-26)29-27-18-19-8-10-24(11-9-19)31-23-6-4-2-1-3-5-7-23/h8-11,18,20-23H,1-7,12-17H2,(H2,28,29,30)/b27-18-. The molecule has 0 radical (unpaired) electrons. The van der Waals surface area contributed by atoms with Crippen molar-refractivity contribution < 1.29 is 9.53 Å². The maximum absolute atomic E-state index is 12.5. The molecule has 0 saturated heterocycles. The predicted octanol–water partition coefficient (Wildman–Crippen LogP) is 5.78. The molecule has 0 aromatic heterocycles. The van der Waals surface area contributed by atoms with Crippen LogP contribution in [0.4, 0.5) is 4.79 Å². The molecular weight excluding hydrogens is 386 g/mol. The molecule has 5 saturated carbocycles. The number of hydrogen-bond acceptors (Lipinski definition) is 3. The summed E-state index contributed by atoms with van der Waals surface area (Å²) in [4.78, 5) is 12.5. The van der Waals surface area contributed by atoms with Gasteiger partial charge in [-0.25, -0.2) is 10.2 Å². The van der Waals surface area contributed by atoms with Crippen molar-refractivity contribution in [3.8, 4) is 5.75 Å². The number of rotatable bonds is 5. The van der Waals surface area contributed by atoms with Crippen molar-refractivity contribution in [1.29, 1.82) is 0 Å². The van der Waals surface area contributed by atoms with Crippen LogP contribution in [0, 0.1) is 17.8 Å². The molecule has 5 nitrogen and oxygen atoms in total. The maximum atomic E-state index is 12.5. The van der Waals surface area contributed by atoms with E-state index in [2.05, 4.69) is 15.8 Å². The number of carbonyl (C=O) groups is 1. The summed E-state index contributed by atoms with van der Waals surface area (Å²) in [7, 11) is 0. The number of nitrogens with one attached hydrogen (secondary N) is 2. The fraction of sp³-hybridized carbons (Fsp3) is 0.692. The molecule has 0 spiro atoms. The molecular formula is C26H37N3O2. The summed E-state index contributed by atoms with van der Waals surface area (Å²) >= 11 is 0. The Morgan fingerprint density at radius 2 is 1.48 bits per heavy atom. The largest absolute Gasteiger partial charge is 0.490 e. The van der Waals surface area contributed by atoms with E-state index in [0.29, 0.717) is 6.10 Å². The zero-order chi connectivity index (χ0) is 21.1. The van der Waals surface area contributed by atoms with Gasteiger partial charge in [-0.2, -0.15) is 5.10 Å². The molecule has 0 aliphatic heterocycles. The van der Waals surface area contributed by atoms with Crippen molar-refractivity contribution >= 4 is 12.2 Å². The molecule has 5 fully saturated rings. The molecule has 0 heterocycles. The lowest BCUT2D eigenvalue weighted by molar-refractivity contribution is -0.0135. The van der Waals surface area contributed by atoms with E-state index in [0.717, 1.165) is 61.2 Å². The highest BCUT2D eigenvalue weighted by Crippen LogP contribution is 2.55. The lowest BCUT2D eigenvalue weighted by atomic mass is 9.53. The Hall–Kier alpha value is -2.04. The molecule has 0 atom stereocenters. The summed E-state index contributed by atoms with van der Waals surface area (Å²) in [5.41, 5.74) is 3.66. The van der Waals surface area contributed by atoms with Crippen molar-refractivity contribution in [2.45, 2.75) is 95.1 Å². The Kier molecular flexibility index (Phi) is 6.20. The van der Waals surface area contributed by atoms with Gasteiger partial charge >= 0.3 is 6.03 Å². The van der Waals surface area contributed by atoms with Crippen LogP contribution in [0.15, 0.2) is 29.4 Å². The number of carbonyl (C=O) groups excluding carboxylic acids is 1. The van der Waals surface area contributed by atoms with Crippen LogP contribution < -0.4 is 15.5 Å². The van der Waals surface area contributed by atoms with Gasteiger partial charge in [0.25, 0.3) is 0 Å². The third-order valence-electron chi connectivity index (χ3n) is 8.03. The van der Waals surface area contributed by atoms with Gasteiger partial charge in [-0.1, -0.05) is 19.3 Å². The Labute approximate surface area is 186 Å². The van der Waals surface area contributed by atoms with Crippen molar-refractivity contribution in [2.75, 3.05) is 0 Å². The summed E-state index contributed by atoms with van der Waals surface area (Å²) in [5, 5.41) is 7.47. The van der Waals surface area contributed by atoms with Crippen molar-refractivity contribution in [3.05, 3.63) is 29.8 Å². The first-order valence-corrected chi connectivity index (χ1v) is 12.5. The molecule has 4 bridgehead atoms. The first kappa shape index (κ1) is 20.8. The van der Waals surface area contributed by atoms with E-state index in [1.807, 2.05) is 24.3 Å². The van der Waals surface area contributed by atoms with Crippen LogP contribution in [0.25, 0.3) is 0 Å². The van der Waals surface area contributed by atoms with Gasteiger partial charge in [0.15, 0.2) is 0 Å². The van der Waals surface area contributed by atoms with E-state index in [1.165, 1.54) is 51.4 Å². The fourth-order valence-electron chi connectivity index (χ4n) is 7.06. The van der Waals surface area contributed by atoms with Gasteiger partial charge in [0.05, 0.1) is 12.3 Å². The second kappa shape index (κ2) is 9.22. The molecule has 2 amide bonds. The van der Waals surface area contributed by atoms with Crippen LogP contribution in [-0.4, -0.2) is 23.9 Å². The quantitative estimate of drug-likeness (QED) is 0.466. The van der Waals surface area contributed by atoms with E-state index >= 15 is 0 Å². The minimum atomic E-state index is -0.164. The van der Waals surface area contributed by atoms with Crippen LogP contribution in [0.3, 0.4) is 0 Å². The van der Waals surface area contributed by atoms with Crippen molar-refractivity contribution in [1.82, 2.24) is 10.7 Å². The smallest absolute Gasteiger partial charge is 0.335 e. The summed E-state index contributed by atoms with van der Waals surface area (Å²) in [6.07, 6.45) is 18.5. The summed E-state index contributed by atoms with van der Waals surface area (Å²) in [5.74, 6) is 3.38. The number of nitrogens with zero attached hydrogens (tertiary/aromatic N) is 1. The van der Waals surface area contributed by atoms with Crippen LogP contribution in [0.1, 0.15) is 89.0 Å². The lowest BCUT2D eigenvalue weighted by Gasteiger charge is -2.56. The lowest BCUT2D eigenvalue weighted by Crippen LogP contribution is -2.61. The Balaban J connectivity index is 1.09. The third-order valence-corrected chi connectivity index (χ3v) is 8.03. The van der Waals surface area contributed by atoms with Crippen LogP contribution in [-0.2, 0) is 0 Å². The highest BCUT2D eigenvalue weighted by Gasteiger charge is 2.51. The van der Waals surface area contributed by atoms with E-state index in [4.69, 9.17) is 4.74 Å². The minimum absolute atomic E-state index is 0.0182. The Morgan fingerprint density at radius 1 is 0.903 bits per heavy atom. The van der Waals surface area contributed by atoms with E-state index in [-0.39, 0.29) is 11.6 Å². The number of urea groups is 1. The molecule has 1 aromatic carbocycles. The molecule has 2 N–H and O–H groups in total. The maximum Gasteiger partial charge on any atom is 0.335 e. The third kappa shape index (κ3) is 5.24. The minimum Gasteiger partial charge on any atom is -0.490 e. The molecule has 5 heteroatoms. The van der Waals surface area contributed by atoms with Gasteiger partial charge in [0, 0.05) is 5.54 Å². The average molecular weight is 424 g/mol. The van der Waals surface area contributed by atoms with Gasteiger partial charge in [0.2, 0.25) is 0 Å². The van der Waals surface area contributed by atoms with Crippen molar-refractivity contribution in [3.63, 3.8) is 0 Å². The molecule has 0 unspecified atom stereocenters. The van der Waals surface area contributed by atoms with Crippen molar-refractivity contribution in [2.24, 2.45) is 22.9 Å². The summed E-state index contributed by atoms with van der Waals surface area (Å²) in [6.45, 7) is 0. The molecule has 31 heavy (non-hydrogen) atoms. The van der Waals surface area contributed by atoms with Gasteiger partial charge in [-0.15, -0.1) is 0 Å². The van der Waals surface area contributed by atoms with Gasteiger partial charge in [0.1, 0.15) is 5.75 Å². The number of benzene rings is 1. The molecule has 1 aromatic rings. The number of ether oxygens (including phenoxy) is 1. The predicted molar refractivity (Wildman–Crippen MR) is 123 cm³/mol. The van der Waals surface area contributed by atoms with Crippen LogP contribution >= 0.6 is 0 Å². The number of amides is 2. The van der Waals surface area contributed by atoms with Gasteiger partial charge in [-0.3, -0.25) is 0 Å². The first-order chi connectivity index (χ1) is 15.2. The van der Waals surface area contributed by atoms with Crippen LogP contribution in [0.5, 0.6) is 5.75 Å². The molecule has 5 aliphatic rings. The van der Waals surface area contributed by atoms with Crippen LogP contribution in [0.2, 0.25) is 0 Å². The zero-order valence-corrected chi connectivity index (χ0v) is 18.7. The average Bonchev–Trinajstić information content (AvgIpc) is 2.70. The van der Waals surface area contributed by atoms with E-state index < -0.39 is 0 Å². The monoisotopic (exact) mass is 423 g/mol. The molecule has 168 valence electrons. The zero-order valence-electron chi connectivity index (χ0n) is 18.7. The number of hydrazone groups is 1. The number of hydrogen-bond donors (Lipinski definition) is 2. The SMILES string of the molecule is O=C(N/N=C\c1ccc(OC2CCCCCCC2)cc1)NC12CC3CC(CC(C3)C1)C2. The summed E-state index contributed by atoms with van der Waals surface area (Å²) in [6, 6.07) is 7.86. The fourth-order valence-corrected chi connectivity index (χ4v) is 7.06. The Bertz CT molecular complexity index is 745. The topological polar surface area (TPSA) is 62.7 Å². The normalized spacial score (nSPS) is 33.1. The molecule has 5 aliphatic carbocycles. The van der Waals surface area contributed by atoms with Gasteiger partial charge < -0.3 is 10.1 Å². The Morgan fingerprint density at radius 3 is 2.10 bits per heavy atom. The van der Waals surface area contributed by atoms with E-state index in [9.17, 15) is 4.79 Å². The molecule has 6 rings (SSSR count). The highest BCUT2D eigenvalue weighted by atomic mass is 16.5. The highest BCUT2D eigenvalue weighted by molar-refractivity contribution is 5.82.